The molecule has 0 heterocycles. The lowest BCUT2D eigenvalue weighted by molar-refractivity contribution is 0.580. The van der Waals surface area contributed by atoms with Crippen molar-refractivity contribution in [1.82, 2.24) is 0 Å². The number of fused-ring (bicyclic) bond motifs is 1. The molecule has 2 heteroatoms. The summed E-state index contributed by atoms with van der Waals surface area (Å²) >= 11 is 0. The van der Waals surface area contributed by atoms with Crippen molar-refractivity contribution >= 4 is 10.8 Å². The third kappa shape index (κ3) is 2.81. The monoisotopic (exact) mass is 279 g/mol. The predicted octanol–water partition coefficient (Wildman–Crippen LogP) is 4.53. The molecule has 0 aliphatic rings. The van der Waals surface area contributed by atoms with Crippen LogP contribution in [0.1, 0.15) is 22.7 Å². The minimum atomic E-state index is -0.337. The molecule has 3 aromatic carbocycles. The van der Waals surface area contributed by atoms with Gasteiger partial charge in [0.15, 0.2) is 0 Å². The van der Waals surface area contributed by atoms with Crippen molar-refractivity contribution in [1.29, 1.82) is 0 Å². The number of nitrogens with two attached hydrogens (primary N) is 1. The molecule has 3 aromatic rings. The number of hydrogen-bond donors (Lipinski definition) is 1. The van der Waals surface area contributed by atoms with Crippen molar-refractivity contribution in [2.24, 2.45) is 5.73 Å². The molecular weight excluding hydrogens is 261 g/mol. The Morgan fingerprint density at radius 1 is 1.00 bits per heavy atom. The third-order valence-corrected chi connectivity index (χ3v) is 3.87. The Kier molecular flexibility index (Phi) is 3.72. The Balaban J connectivity index is 1.96. The lowest BCUT2D eigenvalue weighted by Gasteiger charge is -2.15. The van der Waals surface area contributed by atoms with Crippen LogP contribution in [0.3, 0.4) is 0 Å². The Labute approximate surface area is 124 Å². The zero-order valence-electron chi connectivity index (χ0n) is 12.0. The summed E-state index contributed by atoms with van der Waals surface area (Å²) in [5.74, 6) is -0.228. The van der Waals surface area contributed by atoms with E-state index < -0.39 is 0 Å². The van der Waals surface area contributed by atoms with E-state index in [0.29, 0.717) is 12.0 Å². The number of benzene rings is 3. The van der Waals surface area contributed by atoms with E-state index >= 15 is 0 Å². The van der Waals surface area contributed by atoms with Crippen molar-refractivity contribution in [3.05, 3.63) is 83.2 Å². The van der Waals surface area contributed by atoms with Crippen LogP contribution in [0.5, 0.6) is 0 Å². The molecule has 0 fully saturated rings. The summed E-state index contributed by atoms with van der Waals surface area (Å²) in [7, 11) is 0. The van der Waals surface area contributed by atoms with E-state index in [2.05, 4.69) is 24.3 Å². The van der Waals surface area contributed by atoms with Gasteiger partial charge in [0.1, 0.15) is 5.82 Å². The molecule has 0 aromatic heterocycles. The molecule has 2 N–H and O–H groups in total. The predicted molar refractivity (Wildman–Crippen MR) is 85.7 cm³/mol. The first-order chi connectivity index (χ1) is 10.1. The van der Waals surface area contributed by atoms with Gasteiger partial charge in [-0.05, 0) is 35.7 Å². The van der Waals surface area contributed by atoms with Gasteiger partial charge in [-0.3, -0.25) is 0 Å². The molecule has 106 valence electrons. The normalized spacial score (nSPS) is 12.5. The van der Waals surface area contributed by atoms with Crippen molar-refractivity contribution in [2.45, 2.75) is 19.4 Å². The highest BCUT2D eigenvalue weighted by Gasteiger charge is 2.13. The van der Waals surface area contributed by atoms with Crippen LogP contribution in [0.25, 0.3) is 10.8 Å². The van der Waals surface area contributed by atoms with E-state index in [1.54, 1.807) is 6.07 Å². The molecule has 1 unspecified atom stereocenters. The Bertz CT molecular complexity index is 774. The summed E-state index contributed by atoms with van der Waals surface area (Å²) in [6.45, 7) is 1.95. The molecule has 0 aliphatic heterocycles. The molecule has 0 aliphatic carbocycles. The van der Waals surface area contributed by atoms with Crippen LogP contribution in [0.15, 0.2) is 60.7 Å². The van der Waals surface area contributed by atoms with E-state index in [-0.39, 0.29) is 11.9 Å². The van der Waals surface area contributed by atoms with Gasteiger partial charge in [0.25, 0.3) is 0 Å². The van der Waals surface area contributed by atoms with Gasteiger partial charge >= 0.3 is 0 Å². The summed E-state index contributed by atoms with van der Waals surface area (Å²) in [6, 6.07) is 19.1. The molecule has 0 spiro atoms. The smallest absolute Gasteiger partial charge is 0.128 e. The van der Waals surface area contributed by atoms with Crippen molar-refractivity contribution in [2.75, 3.05) is 0 Å². The molecule has 0 saturated carbocycles. The summed E-state index contributed by atoms with van der Waals surface area (Å²) in [4.78, 5) is 0. The average Bonchev–Trinajstić information content (AvgIpc) is 2.50. The van der Waals surface area contributed by atoms with Crippen LogP contribution in [-0.4, -0.2) is 0 Å². The first-order valence-corrected chi connectivity index (χ1v) is 7.13. The lowest BCUT2D eigenvalue weighted by atomic mass is 9.94. The topological polar surface area (TPSA) is 26.0 Å². The second-order valence-corrected chi connectivity index (χ2v) is 5.47. The Morgan fingerprint density at radius 2 is 1.76 bits per heavy atom. The van der Waals surface area contributed by atoms with Crippen molar-refractivity contribution in [3.63, 3.8) is 0 Å². The van der Waals surface area contributed by atoms with Gasteiger partial charge in [0.05, 0.1) is 0 Å². The third-order valence-electron chi connectivity index (χ3n) is 3.87. The van der Waals surface area contributed by atoms with Gasteiger partial charge in [-0.1, -0.05) is 60.2 Å². The van der Waals surface area contributed by atoms with Crippen LogP contribution in [0.2, 0.25) is 0 Å². The molecule has 0 radical (unpaired) electrons. The maximum Gasteiger partial charge on any atom is 0.128 e. The zero-order chi connectivity index (χ0) is 14.8. The average molecular weight is 279 g/mol. The van der Waals surface area contributed by atoms with E-state index in [1.807, 2.05) is 31.2 Å². The molecule has 21 heavy (non-hydrogen) atoms. The standard InChI is InChI=1S/C19H18FN/c1-13-9-10-18(20)17(11-13)19(21)12-15-7-4-6-14-5-2-3-8-16(14)15/h2-11,19H,12,21H2,1H3. The van der Waals surface area contributed by atoms with Crippen molar-refractivity contribution < 1.29 is 4.39 Å². The van der Waals surface area contributed by atoms with Crippen LogP contribution >= 0.6 is 0 Å². The molecular formula is C19H18FN. The largest absolute Gasteiger partial charge is 0.324 e. The maximum atomic E-state index is 14.0. The molecule has 0 saturated heterocycles. The van der Waals surface area contributed by atoms with Gasteiger partial charge < -0.3 is 5.73 Å². The van der Waals surface area contributed by atoms with Gasteiger partial charge in [-0.25, -0.2) is 4.39 Å². The highest BCUT2D eigenvalue weighted by atomic mass is 19.1. The second-order valence-electron chi connectivity index (χ2n) is 5.47. The minimum absolute atomic E-state index is 0.228. The van der Waals surface area contributed by atoms with Gasteiger partial charge in [0, 0.05) is 11.6 Å². The first kappa shape index (κ1) is 13.8. The molecule has 3 rings (SSSR count). The van der Waals surface area contributed by atoms with Gasteiger partial charge in [-0.15, -0.1) is 0 Å². The SMILES string of the molecule is Cc1ccc(F)c(C(N)Cc2cccc3ccccc23)c1. The number of aryl methyl sites for hydroxylation is 1. The number of halogens is 1. The summed E-state index contributed by atoms with van der Waals surface area (Å²) < 4.78 is 14.0. The van der Waals surface area contributed by atoms with E-state index in [1.165, 1.54) is 16.8 Å². The molecule has 0 bridgehead atoms. The number of rotatable bonds is 3. The highest BCUT2D eigenvalue weighted by Crippen LogP contribution is 2.25. The van der Waals surface area contributed by atoms with E-state index in [9.17, 15) is 4.39 Å². The Morgan fingerprint density at radius 3 is 2.62 bits per heavy atom. The summed E-state index contributed by atoms with van der Waals surface area (Å²) in [5.41, 5.74) is 9.02. The second kappa shape index (κ2) is 5.66. The number of hydrogen-bond acceptors (Lipinski definition) is 1. The fourth-order valence-corrected chi connectivity index (χ4v) is 2.76. The first-order valence-electron chi connectivity index (χ1n) is 7.13. The van der Waals surface area contributed by atoms with E-state index in [4.69, 9.17) is 5.73 Å². The minimum Gasteiger partial charge on any atom is -0.324 e. The van der Waals surface area contributed by atoms with Gasteiger partial charge in [0.2, 0.25) is 0 Å². The van der Waals surface area contributed by atoms with E-state index in [0.717, 1.165) is 11.1 Å². The highest BCUT2D eigenvalue weighted by molar-refractivity contribution is 5.85. The summed E-state index contributed by atoms with van der Waals surface area (Å²) in [5, 5.41) is 2.37. The quantitative estimate of drug-likeness (QED) is 0.749. The lowest BCUT2D eigenvalue weighted by Crippen LogP contribution is -2.15. The van der Waals surface area contributed by atoms with Crippen molar-refractivity contribution in [3.8, 4) is 0 Å². The zero-order valence-corrected chi connectivity index (χ0v) is 12.0. The fourth-order valence-electron chi connectivity index (χ4n) is 2.76. The molecule has 1 atom stereocenters. The van der Waals surface area contributed by atoms with Crippen LogP contribution in [0.4, 0.5) is 4.39 Å². The molecule has 0 amide bonds. The van der Waals surface area contributed by atoms with Crippen LogP contribution in [0, 0.1) is 12.7 Å². The van der Waals surface area contributed by atoms with Crippen LogP contribution in [-0.2, 0) is 6.42 Å². The van der Waals surface area contributed by atoms with Gasteiger partial charge in [-0.2, -0.15) is 0 Å². The molecule has 1 nitrogen and oxygen atoms in total. The Hall–Kier alpha value is -2.19. The fraction of sp³-hybridized carbons (Fsp3) is 0.158. The maximum absolute atomic E-state index is 14.0. The summed E-state index contributed by atoms with van der Waals surface area (Å²) in [6.07, 6.45) is 0.627. The van der Waals surface area contributed by atoms with Crippen LogP contribution < -0.4 is 5.73 Å².